The summed E-state index contributed by atoms with van der Waals surface area (Å²) in [7, 11) is 0. The number of rotatable bonds is 9. The lowest BCUT2D eigenvalue weighted by Crippen LogP contribution is -2.15. The molecule has 8 heteroatoms. The molecule has 2 heterocycles. The Labute approximate surface area is 213 Å². The number of thioether (sulfide) groups is 1. The number of benzene rings is 3. The molecule has 0 aliphatic carbocycles. The minimum Gasteiger partial charge on any atom is -0.494 e. The minimum absolute atomic E-state index is 0.135. The summed E-state index contributed by atoms with van der Waals surface area (Å²) in [6.07, 6.45) is 1.59. The summed E-state index contributed by atoms with van der Waals surface area (Å²) in [5, 5.41) is 12.3. The van der Waals surface area contributed by atoms with E-state index >= 15 is 0 Å². The molecule has 1 amide bonds. The van der Waals surface area contributed by atoms with Crippen LogP contribution in [0, 0.1) is 0 Å². The van der Waals surface area contributed by atoms with Crippen LogP contribution in [-0.2, 0) is 4.79 Å². The first-order valence-corrected chi connectivity index (χ1v) is 12.5. The van der Waals surface area contributed by atoms with Gasteiger partial charge in [-0.1, -0.05) is 60.3 Å². The van der Waals surface area contributed by atoms with E-state index in [1.54, 1.807) is 12.3 Å². The van der Waals surface area contributed by atoms with Crippen molar-refractivity contribution < 1.29 is 13.9 Å². The predicted octanol–water partition coefficient (Wildman–Crippen LogP) is 6.32. The number of hydrogen-bond acceptors (Lipinski definition) is 6. The van der Waals surface area contributed by atoms with Crippen molar-refractivity contribution in [2.45, 2.75) is 12.1 Å². The summed E-state index contributed by atoms with van der Waals surface area (Å²) in [6.45, 7) is 2.54. The zero-order valence-corrected chi connectivity index (χ0v) is 20.4. The Bertz CT molecular complexity index is 1430. The van der Waals surface area contributed by atoms with Gasteiger partial charge < -0.3 is 14.5 Å². The number of carbonyl (C=O) groups is 1. The fraction of sp³-hybridized carbons (Fsp3) is 0.107. The first-order valence-electron chi connectivity index (χ1n) is 11.5. The number of anilines is 1. The summed E-state index contributed by atoms with van der Waals surface area (Å²) < 4.78 is 13.0. The predicted molar refractivity (Wildman–Crippen MR) is 141 cm³/mol. The molecule has 0 aliphatic heterocycles. The van der Waals surface area contributed by atoms with Crippen LogP contribution in [0.1, 0.15) is 6.92 Å². The average Bonchev–Trinajstić information content (AvgIpc) is 3.59. The molecule has 0 atom stereocenters. The highest BCUT2D eigenvalue weighted by Crippen LogP contribution is 2.30. The molecule has 36 heavy (non-hydrogen) atoms. The number of aromatic nitrogens is 3. The van der Waals surface area contributed by atoms with Crippen LogP contribution >= 0.6 is 11.8 Å². The highest BCUT2D eigenvalue weighted by atomic mass is 32.2. The van der Waals surface area contributed by atoms with Crippen molar-refractivity contribution in [1.29, 1.82) is 0 Å². The molecule has 5 aromatic rings. The van der Waals surface area contributed by atoms with Crippen LogP contribution in [0.2, 0.25) is 0 Å². The molecule has 0 radical (unpaired) electrons. The topological polar surface area (TPSA) is 82.2 Å². The maximum atomic E-state index is 12.9. The van der Waals surface area contributed by atoms with Gasteiger partial charge in [0, 0.05) is 11.3 Å². The molecule has 0 spiro atoms. The average molecular weight is 497 g/mol. The Hall–Kier alpha value is -4.30. The fourth-order valence-electron chi connectivity index (χ4n) is 3.80. The third kappa shape index (κ3) is 5.18. The number of ether oxygens (including phenoxy) is 1. The van der Waals surface area contributed by atoms with E-state index in [0.29, 0.717) is 23.3 Å². The van der Waals surface area contributed by atoms with Crippen LogP contribution < -0.4 is 10.1 Å². The second-order valence-corrected chi connectivity index (χ2v) is 8.74. The summed E-state index contributed by atoms with van der Waals surface area (Å²) in [5.74, 6) is 1.95. The Morgan fingerprint density at radius 3 is 2.47 bits per heavy atom. The standard InChI is InChI=1S/C28H24N4O3S/c1-2-34-22-16-14-21(15-17-22)32-27(25-13-8-18-35-25)30-31-28(32)36-19-26(33)29-24-12-7-6-11-23(24)20-9-4-3-5-10-20/h3-18H,2,19H2,1H3,(H,29,33). The molecular weight excluding hydrogens is 472 g/mol. The lowest BCUT2D eigenvalue weighted by Gasteiger charge is -2.12. The summed E-state index contributed by atoms with van der Waals surface area (Å²) in [4.78, 5) is 12.9. The van der Waals surface area contributed by atoms with Crippen LogP contribution in [0.4, 0.5) is 5.69 Å². The third-order valence-corrected chi connectivity index (χ3v) is 6.33. The zero-order chi connectivity index (χ0) is 24.7. The smallest absolute Gasteiger partial charge is 0.234 e. The van der Waals surface area contributed by atoms with Crippen LogP contribution in [0.15, 0.2) is 107 Å². The van der Waals surface area contributed by atoms with Gasteiger partial charge in [0.05, 0.1) is 24.3 Å². The molecule has 7 nitrogen and oxygen atoms in total. The molecule has 3 aromatic carbocycles. The maximum Gasteiger partial charge on any atom is 0.234 e. The SMILES string of the molecule is CCOc1ccc(-n2c(SCC(=O)Nc3ccccc3-c3ccccc3)nnc2-c2ccco2)cc1. The van der Waals surface area contributed by atoms with Crippen molar-refractivity contribution in [3.05, 3.63) is 97.3 Å². The number of nitrogens with zero attached hydrogens (tertiary/aromatic N) is 3. The molecule has 0 bridgehead atoms. The molecule has 180 valence electrons. The van der Waals surface area contributed by atoms with Crippen LogP contribution in [0.25, 0.3) is 28.4 Å². The van der Waals surface area contributed by atoms with E-state index in [0.717, 1.165) is 28.3 Å². The molecule has 1 N–H and O–H groups in total. The summed E-state index contributed by atoms with van der Waals surface area (Å²) in [5.41, 5.74) is 3.61. The first kappa shape index (κ1) is 23.4. The molecule has 0 unspecified atom stereocenters. The largest absolute Gasteiger partial charge is 0.494 e. The van der Waals surface area contributed by atoms with E-state index < -0.39 is 0 Å². The Balaban J connectivity index is 1.37. The van der Waals surface area contributed by atoms with Crippen molar-refractivity contribution >= 4 is 23.4 Å². The number of nitrogens with one attached hydrogen (secondary N) is 1. The van der Waals surface area contributed by atoms with Gasteiger partial charge in [0.15, 0.2) is 10.9 Å². The molecule has 0 fully saturated rings. The molecule has 2 aromatic heterocycles. The van der Waals surface area contributed by atoms with Gasteiger partial charge in [-0.05, 0) is 55.0 Å². The van der Waals surface area contributed by atoms with Gasteiger partial charge >= 0.3 is 0 Å². The van der Waals surface area contributed by atoms with E-state index in [2.05, 4.69) is 15.5 Å². The Morgan fingerprint density at radius 2 is 1.72 bits per heavy atom. The van der Waals surface area contributed by atoms with Crippen LogP contribution in [0.5, 0.6) is 5.75 Å². The highest BCUT2D eigenvalue weighted by molar-refractivity contribution is 7.99. The molecule has 5 rings (SSSR count). The number of amides is 1. The van der Waals surface area contributed by atoms with Crippen molar-refractivity contribution in [3.8, 4) is 34.1 Å². The van der Waals surface area contributed by atoms with Gasteiger partial charge in [0.2, 0.25) is 11.7 Å². The van der Waals surface area contributed by atoms with E-state index in [-0.39, 0.29) is 11.7 Å². The molecular formula is C28H24N4O3S. The first-order chi connectivity index (χ1) is 17.7. The number of para-hydroxylation sites is 1. The summed E-state index contributed by atoms with van der Waals surface area (Å²) in [6, 6.07) is 29.0. The Kier molecular flexibility index (Phi) is 7.14. The summed E-state index contributed by atoms with van der Waals surface area (Å²) >= 11 is 1.31. The second kappa shape index (κ2) is 11.0. The van der Waals surface area contributed by atoms with Crippen LogP contribution in [0.3, 0.4) is 0 Å². The van der Waals surface area contributed by atoms with E-state index in [9.17, 15) is 4.79 Å². The molecule has 0 saturated heterocycles. The van der Waals surface area contributed by atoms with Crippen molar-refractivity contribution in [3.63, 3.8) is 0 Å². The van der Waals surface area contributed by atoms with Crippen molar-refractivity contribution in [1.82, 2.24) is 14.8 Å². The van der Waals surface area contributed by atoms with Crippen molar-refractivity contribution in [2.24, 2.45) is 0 Å². The van der Waals surface area contributed by atoms with Gasteiger partial charge in [-0.2, -0.15) is 0 Å². The van der Waals surface area contributed by atoms with Gasteiger partial charge in [-0.3, -0.25) is 9.36 Å². The zero-order valence-electron chi connectivity index (χ0n) is 19.6. The minimum atomic E-state index is -0.135. The van der Waals surface area contributed by atoms with Crippen LogP contribution in [-0.4, -0.2) is 33.0 Å². The van der Waals surface area contributed by atoms with E-state index in [1.807, 2.05) is 96.4 Å². The quantitative estimate of drug-likeness (QED) is 0.240. The molecule has 0 saturated carbocycles. The Morgan fingerprint density at radius 1 is 0.944 bits per heavy atom. The van der Waals surface area contributed by atoms with Gasteiger partial charge in [0.1, 0.15) is 5.75 Å². The fourth-order valence-corrected chi connectivity index (χ4v) is 4.55. The number of carbonyl (C=O) groups excluding carboxylic acids is 1. The highest BCUT2D eigenvalue weighted by Gasteiger charge is 2.19. The van der Waals surface area contributed by atoms with Crippen molar-refractivity contribution in [2.75, 3.05) is 17.7 Å². The lowest BCUT2D eigenvalue weighted by atomic mass is 10.0. The van der Waals surface area contributed by atoms with Gasteiger partial charge in [-0.15, -0.1) is 10.2 Å². The second-order valence-electron chi connectivity index (χ2n) is 7.79. The van der Waals surface area contributed by atoms with E-state index in [1.165, 1.54) is 11.8 Å². The monoisotopic (exact) mass is 496 g/mol. The molecule has 0 aliphatic rings. The van der Waals surface area contributed by atoms with Gasteiger partial charge in [0.25, 0.3) is 0 Å². The number of hydrogen-bond donors (Lipinski definition) is 1. The maximum absolute atomic E-state index is 12.9. The normalized spacial score (nSPS) is 10.8. The third-order valence-electron chi connectivity index (χ3n) is 5.40. The number of furan rings is 1. The van der Waals surface area contributed by atoms with Gasteiger partial charge in [-0.25, -0.2) is 0 Å². The van der Waals surface area contributed by atoms with E-state index in [4.69, 9.17) is 9.15 Å². The lowest BCUT2D eigenvalue weighted by molar-refractivity contribution is -0.113.